The highest BCUT2D eigenvalue weighted by molar-refractivity contribution is 9.10. The number of aromatic nitrogens is 2. The number of Topliss-reactive ketones (excluding diaryl/α,β-unsaturated/α-hetero) is 1. The van der Waals surface area contributed by atoms with Gasteiger partial charge in [-0.2, -0.15) is 0 Å². The Morgan fingerprint density at radius 1 is 1.18 bits per heavy atom. The van der Waals surface area contributed by atoms with Crippen molar-refractivity contribution in [3.8, 4) is 5.88 Å². The lowest BCUT2D eigenvalue weighted by molar-refractivity contribution is 0.0966. The number of hydrogen-bond acceptors (Lipinski definition) is 5. The van der Waals surface area contributed by atoms with E-state index >= 15 is 0 Å². The minimum absolute atomic E-state index is 0.156. The fourth-order valence-corrected chi connectivity index (χ4v) is 4.56. The molecule has 1 fully saturated rings. The Morgan fingerprint density at radius 2 is 2.00 bits per heavy atom. The second kappa shape index (κ2) is 8.99. The standard InChI is InChI=1S/C27H28BrN3O2/c1-3-31(2)12-13-33-25-9-6-19(16-30-25)27(10-11-27)15-22-21-14-20(28)7-8-24(21)29-17-23(22)26(32)18-4-5-18/h6-11,14,16-18H,3-5,12-13,15H2,1-2H3. The molecule has 0 amide bonds. The van der Waals surface area contributed by atoms with Crippen molar-refractivity contribution in [3.05, 3.63) is 76.0 Å². The van der Waals surface area contributed by atoms with E-state index in [0.29, 0.717) is 12.5 Å². The average Bonchev–Trinajstić information content (AvgIpc) is 3.75. The maximum Gasteiger partial charge on any atom is 0.213 e. The molecular weight excluding hydrogens is 478 g/mol. The summed E-state index contributed by atoms with van der Waals surface area (Å²) in [6, 6.07) is 10.1. The molecule has 1 aromatic carbocycles. The number of rotatable bonds is 10. The van der Waals surface area contributed by atoms with Crippen molar-refractivity contribution in [1.82, 2.24) is 14.9 Å². The van der Waals surface area contributed by atoms with Gasteiger partial charge < -0.3 is 9.64 Å². The summed E-state index contributed by atoms with van der Waals surface area (Å²) in [6.45, 7) is 4.61. The lowest BCUT2D eigenvalue weighted by Gasteiger charge is -2.20. The van der Waals surface area contributed by atoms with E-state index in [0.717, 1.165) is 64.4 Å². The van der Waals surface area contributed by atoms with Gasteiger partial charge in [0.25, 0.3) is 0 Å². The summed E-state index contributed by atoms with van der Waals surface area (Å²) < 4.78 is 6.80. The molecule has 5 nitrogen and oxygen atoms in total. The van der Waals surface area contributed by atoms with Gasteiger partial charge in [-0.05, 0) is 62.2 Å². The van der Waals surface area contributed by atoms with Gasteiger partial charge in [0.15, 0.2) is 5.78 Å². The maximum atomic E-state index is 13.1. The summed E-state index contributed by atoms with van der Waals surface area (Å²) >= 11 is 3.60. The molecule has 3 aromatic rings. The topological polar surface area (TPSA) is 55.3 Å². The number of pyridine rings is 2. The van der Waals surface area contributed by atoms with Gasteiger partial charge >= 0.3 is 0 Å². The van der Waals surface area contributed by atoms with Crippen molar-refractivity contribution < 1.29 is 9.53 Å². The summed E-state index contributed by atoms with van der Waals surface area (Å²) in [6.07, 6.45) is 10.8. The summed E-state index contributed by atoms with van der Waals surface area (Å²) in [7, 11) is 2.08. The van der Waals surface area contributed by atoms with Crippen LogP contribution in [-0.2, 0) is 11.8 Å². The summed E-state index contributed by atoms with van der Waals surface area (Å²) in [4.78, 5) is 24.5. The Bertz CT molecular complexity index is 1210. The van der Waals surface area contributed by atoms with Crippen molar-refractivity contribution in [2.45, 2.75) is 31.6 Å². The van der Waals surface area contributed by atoms with Crippen LogP contribution in [0.3, 0.4) is 0 Å². The van der Waals surface area contributed by atoms with E-state index in [1.54, 1.807) is 6.20 Å². The van der Waals surface area contributed by atoms with Gasteiger partial charge in [0.05, 0.1) is 5.52 Å². The second-order valence-corrected chi connectivity index (χ2v) is 10.0. The van der Waals surface area contributed by atoms with Crippen LogP contribution in [0.25, 0.3) is 10.9 Å². The highest BCUT2D eigenvalue weighted by atomic mass is 79.9. The van der Waals surface area contributed by atoms with Crippen LogP contribution >= 0.6 is 15.9 Å². The quantitative estimate of drug-likeness (QED) is 0.274. The number of halogens is 1. The van der Waals surface area contributed by atoms with Crippen LogP contribution in [0.4, 0.5) is 0 Å². The normalized spacial score (nSPS) is 16.4. The zero-order chi connectivity index (χ0) is 23.0. The third-order valence-corrected chi connectivity index (χ3v) is 7.22. The van der Waals surface area contributed by atoms with E-state index in [1.165, 1.54) is 0 Å². The molecule has 2 heterocycles. The Labute approximate surface area is 203 Å². The Balaban J connectivity index is 1.41. The molecule has 2 aliphatic rings. The van der Waals surface area contributed by atoms with Crippen molar-refractivity contribution in [3.63, 3.8) is 0 Å². The van der Waals surface area contributed by atoms with Gasteiger partial charge in [0, 0.05) is 51.8 Å². The van der Waals surface area contributed by atoms with Crippen molar-refractivity contribution in [2.75, 3.05) is 26.7 Å². The van der Waals surface area contributed by atoms with Crippen LogP contribution in [0.15, 0.2) is 59.4 Å². The first-order valence-electron chi connectivity index (χ1n) is 11.6. The number of ether oxygens (including phenoxy) is 1. The van der Waals surface area contributed by atoms with Crippen LogP contribution in [0.2, 0.25) is 0 Å². The number of hydrogen-bond donors (Lipinski definition) is 0. The van der Waals surface area contributed by atoms with Gasteiger partial charge in [0.1, 0.15) is 6.61 Å². The van der Waals surface area contributed by atoms with E-state index < -0.39 is 0 Å². The third kappa shape index (κ3) is 4.73. The number of allylic oxidation sites excluding steroid dienone is 2. The number of fused-ring (bicyclic) bond motifs is 1. The fourth-order valence-electron chi connectivity index (χ4n) is 4.20. The highest BCUT2D eigenvalue weighted by Crippen LogP contribution is 2.44. The van der Waals surface area contributed by atoms with Crippen LogP contribution in [0, 0.1) is 5.92 Å². The number of nitrogens with zero attached hydrogens (tertiary/aromatic N) is 3. The molecule has 6 heteroatoms. The SMILES string of the molecule is CCN(C)CCOc1ccc(C2(Cc3c(C(=O)C4CC4)cnc4ccc(Br)cc34)C=C2)cn1. The molecule has 2 aliphatic carbocycles. The van der Waals surface area contributed by atoms with Crippen molar-refractivity contribution >= 4 is 32.6 Å². The molecule has 0 N–H and O–H groups in total. The molecule has 0 saturated heterocycles. The minimum atomic E-state index is -0.219. The average molecular weight is 506 g/mol. The van der Waals surface area contributed by atoms with Gasteiger partial charge in [0.2, 0.25) is 5.88 Å². The molecule has 170 valence electrons. The molecule has 33 heavy (non-hydrogen) atoms. The van der Waals surface area contributed by atoms with Gasteiger partial charge in [-0.15, -0.1) is 0 Å². The summed E-state index contributed by atoms with van der Waals surface area (Å²) in [5, 5.41) is 1.04. The zero-order valence-electron chi connectivity index (χ0n) is 19.1. The van der Waals surface area contributed by atoms with E-state index in [9.17, 15) is 4.79 Å². The first-order valence-corrected chi connectivity index (χ1v) is 12.4. The smallest absolute Gasteiger partial charge is 0.213 e. The number of likely N-dealkylation sites (N-methyl/N-ethyl adjacent to an activating group) is 1. The largest absolute Gasteiger partial charge is 0.476 e. The van der Waals surface area contributed by atoms with Crippen LogP contribution in [0.1, 0.15) is 41.3 Å². The summed E-state index contributed by atoms with van der Waals surface area (Å²) in [5.41, 5.74) is 3.65. The van der Waals surface area contributed by atoms with Crippen LogP contribution < -0.4 is 4.74 Å². The second-order valence-electron chi connectivity index (χ2n) is 9.13. The fraction of sp³-hybridized carbons (Fsp3) is 0.370. The number of carbonyl (C=O) groups is 1. The highest BCUT2D eigenvalue weighted by Gasteiger charge is 2.39. The zero-order valence-corrected chi connectivity index (χ0v) is 20.6. The lowest BCUT2D eigenvalue weighted by Crippen LogP contribution is -2.24. The molecule has 0 bridgehead atoms. The van der Waals surface area contributed by atoms with Gasteiger partial charge in [-0.25, -0.2) is 4.98 Å². The first kappa shape index (κ1) is 22.2. The number of carbonyl (C=O) groups excluding carboxylic acids is 1. The predicted octanol–water partition coefficient (Wildman–Crippen LogP) is 5.37. The van der Waals surface area contributed by atoms with E-state index in [-0.39, 0.29) is 17.1 Å². The molecule has 0 radical (unpaired) electrons. The van der Waals surface area contributed by atoms with Gasteiger partial charge in [-0.3, -0.25) is 9.78 Å². The third-order valence-electron chi connectivity index (χ3n) is 6.73. The summed E-state index contributed by atoms with van der Waals surface area (Å²) in [5.74, 6) is 1.03. The van der Waals surface area contributed by atoms with Crippen LogP contribution in [0.5, 0.6) is 5.88 Å². The predicted molar refractivity (Wildman–Crippen MR) is 134 cm³/mol. The van der Waals surface area contributed by atoms with E-state index in [1.807, 2.05) is 24.4 Å². The minimum Gasteiger partial charge on any atom is -0.476 e. The van der Waals surface area contributed by atoms with Gasteiger partial charge in [-0.1, -0.05) is 41.1 Å². The Morgan fingerprint density at radius 3 is 2.67 bits per heavy atom. The molecule has 1 saturated carbocycles. The first-order chi connectivity index (χ1) is 16.0. The molecule has 0 spiro atoms. The Kier molecular flexibility index (Phi) is 6.06. The Hall–Kier alpha value is -2.57. The molecule has 0 unspecified atom stereocenters. The molecule has 0 aliphatic heterocycles. The van der Waals surface area contributed by atoms with Crippen molar-refractivity contribution in [2.24, 2.45) is 5.92 Å². The monoisotopic (exact) mass is 505 g/mol. The van der Waals surface area contributed by atoms with E-state index in [2.05, 4.69) is 69.1 Å². The molecule has 2 aromatic heterocycles. The van der Waals surface area contributed by atoms with Crippen molar-refractivity contribution in [1.29, 1.82) is 0 Å². The van der Waals surface area contributed by atoms with Crippen LogP contribution in [-0.4, -0.2) is 47.4 Å². The lowest BCUT2D eigenvalue weighted by atomic mass is 9.84. The molecule has 5 rings (SSSR count). The van der Waals surface area contributed by atoms with E-state index in [4.69, 9.17) is 4.74 Å². The number of benzene rings is 1. The molecular formula is C27H28BrN3O2. The number of ketones is 1. The maximum absolute atomic E-state index is 13.1. The molecule has 0 atom stereocenters.